The topological polar surface area (TPSA) is 151 Å². The Bertz CT molecular complexity index is 1210. The number of benzene rings is 3. The average Bonchev–Trinajstić information content (AvgIpc) is 2.74. The molecular formula is C19H11ClN4O7. The number of aliphatic imine (C=N–C) groups is 1. The van der Waals surface area contributed by atoms with Crippen molar-refractivity contribution in [2.45, 2.75) is 0 Å². The van der Waals surface area contributed by atoms with Crippen molar-refractivity contribution >= 4 is 40.6 Å². The van der Waals surface area contributed by atoms with E-state index >= 15 is 0 Å². The Morgan fingerprint density at radius 3 is 2.00 bits per heavy atom. The number of nitro benzene ring substituents is 3. The van der Waals surface area contributed by atoms with Crippen LogP contribution in [0.2, 0.25) is 5.02 Å². The molecule has 0 aliphatic heterocycles. The van der Waals surface area contributed by atoms with E-state index in [-0.39, 0.29) is 17.2 Å². The minimum Gasteiger partial charge on any atom is -0.449 e. The second-order valence-electron chi connectivity index (χ2n) is 5.98. The number of nitrogens with zero attached hydrogens (tertiary/aromatic N) is 4. The van der Waals surface area contributed by atoms with Crippen LogP contribution >= 0.6 is 11.6 Å². The van der Waals surface area contributed by atoms with Crippen LogP contribution in [0.5, 0.6) is 11.5 Å². The molecule has 156 valence electrons. The Kier molecular flexibility index (Phi) is 6.17. The van der Waals surface area contributed by atoms with Crippen LogP contribution in [0.3, 0.4) is 0 Å². The first-order valence-electron chi connectivity index (χ1n) is 8.43. The smallest absolute Gasteiger partial charge is 0.318 e. The third-order valence-corrected chi connectivity index (χ3v) is 4.19. The maximum atomic E-state index is 11.3. The lowest BCUT2D eigenvalue weighted by Gasteiger charge is -2.09. The van der Waals surface area contributed by atoms with Crippen molar-refractivity contribution in [1.29, 1.82) is 0 Å². The highest BCUT2D eigenvalue weighted by molar-refractivity contribution is 6.30. The Balaban J connectivity index is 1.94. The SMILES string of the molecule is O=[N+]([O-])c1ccc(N=Cc2cc(Cl)ccc2Oc2ccc([N+](=O)[O-])cc2[N+](=O)[O-])cc1. The first-order valence-corrected chi connectivity index (χ1v) is 8.81. The van der Waals surface area contributed by atoms with Gasteiger partial charge in [-0.3, -0.25) is 35.3 Å². The maximum absolute atomic E-state index is 11.3. The summed E-state index contributed by atoms with van der Waals surface area (Å²) in [5, 5.41) is 33.3. The van der Waals surface area contributed by atoms with E-state index in [0.29, 0.717) is 16.3 Å². The molecule has 3 aromatic carbocycles. The van der Waals surface area contributed by atoms with Crippen LogP contribution in [0.4, 0.5) is 22.7 Å². The Labute approximate surface area is 178 Å². The van der Waals surface area contributed by atoms with Crippen LogP contribution in [-0.2, 0) is 0 Å². The standard InChI is InChI=1S/C19H11ClN4O7/c20-13-1-7-18(31-19-8-6-16(23(27)28)10-17(19)24(29)30)12(9-13)11-21-14-2-4-15(5-3-14)22(25)26/h1-11H. The summed E-state index contributed by atoms with van der Waals surface area (Å²) in [7, 11) is 0. The molecule has 0 radical (unpaired) electrons. The summed E-state index contributed by atoms with van der Waals surface area (Å²) in [6, 6.07) is 13.0. The number of non-ortho nitro benzene ring substituents is 2. The van der Waals surface area contributed by atoms with E-state index < -0.39 is 26.1 Å². The average molecular weight is 443 g/mol. The largest absolute Gasteiger partial charge is 0.449 e. The van der Waals surface area contributed by atoms with Crippen LogP contribution in [0.15, 0.2) is 65.7 Å². The predicted octanol–water partition coefficient (Wildman–Crippen LogP) is 5.61. The first kappa shape index (κ1) is 21.3. The van der Waals surface area contributed by atoms with Crippen LogP contribution < -0.4 is 4.74 Å². The van der Waals surface area contributed by atoms with E-state index in [1.165, 1.54) is 48.7 Å². The van der Waals surface area contributed by atoms with Crippen LogP contribution in [-0.4, -0.2) is 21.0 Å². The Morgan fingerprint density at radius 2 is 1.39 bits per heavy atom. The van der Waals surface area contributed by atoms with Crippen molar-refractivity contribution in [2.24, 2.45) is 4.99 Å². The van der Waals surface area contributed by atoms with E-state index in [1.807, 2.05) is 0 Å². The highest BCUT2D eigenvalue weighted by Crippen LogP contribution is 2.36. The van der Waals surface area contributed by atoms with Crippen LogP contribution in [0, 0.1) is 30.3 Å². The fourth-order valence-electron chi connectivity index (χ4n) is 2.48. The van der Waals surface area contributed by atoms with Gasteiger partial charge in [0.05, 0.1) is 26.5 Å². The van der Waals surface area contributed by atoms with E-state index in [9.17, 15) is 30.3 Å². The highest BCUT2D eigenvalue weighted by atomic mass is 35.5. The van der Waals surface area contributed by atoms with Gasteiger partial charge < -0.3 is 4.74 Å². The summed E-state index contributed by atoms with van der Waals surface area (Å²) >= 11 is 6.02. The maximum Gasteiger partial charge on any atom is 0.318 e. The lowest BCUT2D eigenvalue weighted by Crippen LogP contribution is -1.97. The second-order valence-corrected chi connectivity index (χ2v) is 6.42. The fraction of sp³-hybridized carbons (Fsp3) is 0. The zero-order chi connectivity index (χ0) is 22.5. The lowest BCUT2D eigenvalue weighted by atomic mass is 10.2. The molecule has 0 aromatic heterocycles. The monoisotopic (exact) mass is 442 g/mol. The molecule has 0 aliphatic rings. The van der Waals surface area contributed by atoms with Gasteiger partial charge in [-0.05, 0) is 36.4 Å². The van der Waals surface area contributed by atoms with Gasteiger partial charge in [0, 0.05) is 35.0 Å². The van der Waals surface area contributed by atoms with Crippen molar-refractivity contribution in [2.75, 3.05) is 0 Å². The molecule has 0 heterocycles. The van der Waals surface area contributed by atoms with Gasteiger partial charge >= 0.3 is 5.69 Å². The zero-order valence-corrected chi connectivity index (χ0v) is 16.1. The van der Waals surface area contributed by atoms with E-state index in [2.05, 4.69) is 4.99 Å². The van der Waals surface area contributed by atoms with Gasteiger partial charge in [-0.25, -0.2) is 0 Å². The van der Waals surface area contributed by atoms with Gasteiger partial charge in [0.2, 0.25) is 5.75 Å². The number of halogens is 1. The van der Waals surface area contributed by atoms with Gasteiger partial charge in [0.25, 0.3) is 11.4 Å². The third kappa shape index (κ3) is 5.16. The molecule has 0 fully saturated rings. The molecule has 0 saturated heterocycles. The number of rotatable bonds is 7. The van der Waals surface area contributed by atoms with Gasteiger partial charge in [-0.1, -0.05) is 11.6 Å². The van der Waals surface area contributed by atoms with E-state index in [1.54, 1.807) is 0 Å². The molecule has 3 aromatic rings. The fourth-order valence-corrected chi connectivity index (χ4v) is 2.66. The first-order chi connectivity index (χ1) is 14.7. The molecule has 12 heteroatoms. The molecule has 0 bridgehead atoms. The molecule has 0 N–H and O–H groups in total. The predicted molar refractivity (Wildman–Crippen MR) is 112 cm³/mol. The second kappa shape index (κ2) is 8.97. The van der Waals surface area contributed by atoms with Gasteiger partial charge in [0.1, 0.15) is 5.75 Å². The van der Waals surface area contributed by atoms with Crippen molar-refractivity contribution < 1.29 is 19.5 Å². The summed E-state index contributed by atoms with van der Waals surface area (Å²) in [6.07, 6.45) is 1.37. The zero-order valence-electron chi connectivity index (χ0n) is 15.4. The molecule has 0 spiro atoms. The molecule has 0 amide bonds. The Morgan fingerprint density at radius 1 is 0.774 bits per heavy atom. The molecule has 3 rings (SSSR count). The molecule has 0 unspecified atom stereocenters. The molecule has 31 heavy (non-hydrogen) atoms. The van der Waals surface area contributed by atoms with Gasteiger partial charge in [0.15, 0.2) is 0 Å². The normalized spacial score (nSPS) is 10.7. The highest BCUT2D eigenvalue weighted by Gasteiger charge is 2.22. The summed E-state index contributed by atoms with van der Waals surface area (Å²) < 4.78 is 5.63. The summed E-state index contributed by atoms with van der Waals surface area (Å²) in [5.74, 6) is -0.0464. The number of nitro groups is 3. The molecule has 0 aliphatic carbocycles. The van der Waals surface area contributed by atoms with Crippen molar-refractivity contribution in [3.8, 4) is 11.5 Å². The minimum absolute atomic E-state index is 0.0868. The molecule has 0 atom stereocenters. The Hall–Kier alpha value is -4.38. The van der Waals surface area contributed by atoms with Crippen molar-refractivity contribution in [3.63, 3.8) is 0 Å². The third-order valence-electron chi connectivity index (χ3n) is 3.96. The van der Waals surface area contributed by atoms with E-state index in [4.69, 9.17) is 16.3 Å². The van der Waals surface area contributed by atoms with E-state index in [0.717, 1.165) is 18.2 Å². The molecule has 11 nitrogen and oxygen atoms in total. The molecular weight excluding hydrogens is 432 g/mol. The van der Waals surface area contributed by atoms with Gasteiger partial charge in [-0.2, -0.15) is 0 Å². The number of ether oxygens (including phenoxy) is 1. The molecule has 0 saturated carbocycles. The van der Waals surface area contributed by atoms with Crippen LogP contribution in [0.25, 0.3) is 0 Å². The van der Waals surface area contributed by atoms with Crippen LogP contribution in [0.1, 0.15) is 5.56 Å². The summed E-state index contributed by atoms with van der Waals surface area (Å²) in [5.41, 5.74) is -0.343. The van der Waals surface area contributed by atoms with Gasteiger partial charge in [-0.15, -0.1) is 0 Å². The summed E-state index contributed by atoms with van der Waals surface area (Å²) in [4.78, 5) is 35.1. The summed E-state index contributed by atoms with van der Waals surface area (Å²) in [6.45, 7) is 0. The quantitative estimate of drug-likeness (QED) is 0.262. The van der Waals surface area contributed by atoms with Crippen molar-refractivity contribution in [1.82, 2.24) is 0 Å². The minimum atomic E-state index is -0.789. The number of hydrogen-bond donors (Lipinski definition) is 0. The lowest BCUT2D eigenvalue weighted by molar-refractivity contribution is -0.394. The number of hydrogen-bond acceptors (Lipinski definition) is 8. The van der Waals surface area contributed by atoms with Crippen molar-refractivity contribution in [3.05, 3.63) is 102 Å².